The number of carbonyl (C=O) groups is 2. The van der Waals surface area contributed by atoms with Crippen molar-refractivity contribution in [1.82, 2.24) is 4.98 Å². The summed E-state index contributed by atoms with van der Waals surface area (Å²) in [4.78, 5) is 27.6. The van der Waals surface area contributed by atoms with Crippen LogP contribution >= 0.6 is 38.9 Å². The van der Waals surface area contributed by atoms with Crippen LogP contribution in [-0.2, 0) is 4.74 Å². The largest absolute Gasteiger partial charge is 0.464 e. The van der Waals surface area contributed by atoms with Crippen molar-refractivity contribution >= 4 is 61.4 Å². The van der Waals surface area contributed by atoms with Crippen LogP contribution in [0.2, 0.25) is 5.02 Å². The summed E-state index contributed by atoms with van der Waals surface area (Å²) in [5.41, 5.74) is 0.738. The summed E-state index contributed by atoms with van der Waals surface area (Å²) in [6, 6.07) is 5.21. The highest BCUT2D eigenvalue weighted by Gasteiger charge is 2.22. The Balaban J connectivity index is 2.37. The van der Waals surface area contributed by atoms with Gasteiger partial charge in [0.15, 0.2) is 16.6 Å². The zero-order valence-corrected chi connectivity index (χ0v) is 14.2. The SMILES string of the molecule is COC(=O)c1nc(Nc2ccc(Cl)cc2Br)sc1C(C)=O. The lowest BCUT2D eigenvalue weighted by molar-refractivity contribution is 0.0591. The molecule has 0 unspecified atom stereocenters. The number of aromatic nitrogens is 1. The van der Waals surface area contributed by atoms with Gasteiger partial charge in [0.2, 0.25) is 0 Å². The molecule has 0 saturated carbocycles. The van der Waals surface area contributed by atoms with E-state index >= 15 is 0 Å². The third-order valence-corrected chi connectivity index (χ3v) is 4.46. The monoisotopic (exact) mass is 388 g/mol. The van der Waals surface area contributed by atoms with E-state index in [1.54, 1.807) is 18.2 Å². The molecule has 1 N–H and O–H groups in total. The van der Waals surface area contributed by atoms with Gasteiger partial charge >= 0.3 is 5.97 Å². The Morgan fingerprint density at radius 1 is 1.43 bits per heavy atom. The van der Waals surface area contributed by atoms with Crippen LogP contribution < -0.4 is 5.32 Å². The van der Waals surface area contributed by atoms with Crippen molar-refractivity contribution in [2.75, 3.05) is 12.4 Å². The highest BCUT2D eigenvalue weighted by molar-refractivity contribution is 9.10. The minimum atomic E-state index is -0.639. The molecule has 0 fully saturated rings. The van der Waals surface area contributed by atoms with E-state index in [0.717, 1.165) is 21.5 Å². The van der Waals surface area contributed by atoms with E-state index < -0.39 is 5.97 Å². The minimum Gasteiger partial charge on any atom is -0.464 e. The smallest absolute Gasteiger partial charge is 0.358 e. The predicted octanol–water partition coefficient (Wildman–Crippen LogP) is 4.29. The van der Waals surface area contributed by atoms with E-state index in [0.29, 0.717) is 10.2 Å². The number of methoxy groups -OCH3 is 1. The second-order valence-corrected chi connectivity index (χ2v) is 6.28. The molecule has 1 aromatic heterocycles. The van der Waals surface area contributed by atoms with Crippen LogP contribution in [0.5, 0.6) is 0 Å². The van der Waals surface area contributed by atoms with E-state index in [1.165, 1.54) is 14.0 Å². The molecule has 0 radical (unpaired) electrons. The molecular weight excluding hydrogens is 380 g/mol. The number of thiazole rings is 1. The molecular formula is C13H10BrClN2O3S. The fraction of sp³-hybridized carbons (Fsp3) is 0.154. The van der Waals surface area contributed by atoms with Gasteiger partial charge in [-0.2, -0.15) is 0 Å². The minimum absolute atomic E-state index is 0.0163. The van der Waals surface area contributed by atoms with Crippen LogP contribution in [-0.4, -0.2) is 23.8 Å². The Labute approximate surface area is 138 Å². The molecule has 0 bridgehead atoms. The number of anilines is 2. The van der Waals surface area contributed by atoms with Crippen LogP contribution in [0.15, 0.2) is 22.7 Å². The molecule has 110 valence electrons. The molecule has 5 nitrogen and oxygen atoms in total. The Bertz CT molecular complexity index is 717. The van der Waals surface area contributed by atoms with Gasteiger partial charge < -0.3 is 10.1 Å². The fourth-order valence-electron chi connectivity index (χ4n) is 1.55. The van der Waals surface area contributed by atoms with Crippen LogP contribution in [0, 0.1) is 0 Å². The standard InChI is InChI=1S/C13H10BrClN2O3S/c1-6(18)11-10(12(19)20-2)17-13(21-11)16-9-4-3-7(15)5-8(9)14/h3-5H,1-2H3,(H,16,17). The second-order valence-electron chi connectivity index (χ2n) is 3.99. The summed E-state index contributed by atoms with van der Waals surface area (Å²) in [7, 11) is 1.24. The summed E-state index contributed by atoms with van der Waals surface area (Å²) < 4.78 is 5.37. The van der Waals surface area contributed by atoms with Crippen LogP contribution in [0.3, 0.4) is 0 Å². The van der Waals surface area contributed by atoms with Crippen molar-refractivity contribution in [2.24, 2.45) is 0 Å². The number of ketones is 1. The number of esters is 1. The summed E-state index contributed by atoms with van der Waals surface area (Å²) in [6.45, 7) is 1.38. The molecule has 1 heterocycles. The average Bonchev–Trinajstić information content (AvgIpc) is 2.85. The first-order valence-electron chi connectivity index (χ1n) is 5.74. The van der Waals surface area contributed by atoms with Crippen molar-refractivity contribution < 1.29 is 14.3 Å². The molecule has 21 heavy (non-hydrogen) atoms. The molecule has 0 amide bonds. The molecule has 0 aliphatic heterocycles. The lowest BCUT2D eigenvalue weighted by Gasteiger charge is -2.05. The number of Topliss-reactive ketones (excluding diaryl/α,β-unsaturated/α-hetero) is 1. The number of ether oxygens (including phenoxy) is 1. The van der Waals surface area contributed by atoms with Crippen LogP contribution in [0.25, 0.3) is 0 Å². The maximum absolute atomic E-state index is 11.6. The van der Waals surface area contributed by atoms with Gasteiger partial charge in [0.1, 0.15) is 4.88 Å². The zero-order valence-electron chi connectivity index (χ0n) is 11.1. The third kappa shape index (κ3) is 3.61. The maximum atomic E-state index is 11.6. The lowest BCUT2D eigenvalue weighted by atomic mass is 10.3. The third-order valence-electron chi connectivity index (χ3n) is 2.50. The number of nitrogens with zero attached hydrogens (tertiary/aromatic N) is 1. The first kappa shape index (κ1) is 15.9. The van der Waals surface area contributed by atoms with Gasteiger partial charge in [0.25, 0.3) is 0 Å². The molecule has 0 aliphatic rings. The molecule has 0 aliphatic carbocycles. The lowest BCUT2D eigenvalue weighted by Crippen LogP contribution is -2.07. The van der Waals surface area contributed by atoms with E-state index in [4.69, 9.17) is 11.6 Å². The average molecular weight is 390 g/mol. The second kappa shape index (κ2) is 6.55. The van der Waals surface area contributed by atoms with Gasteiger partial charge in [0, 0.05) is 16.4 Å². The van der Waals surface area contributed by atoms with Crippen molar-refractivity contribution in [3.8, 4) is 0 Å². The van der Waals surface area contributed by atoms with Gasteiger partial charge in [-0.05, 0) is 34.1 Å². The Kier molecular flexibility index (Phi) is 4.97. The van der Waals surface area contributed by atoms with Crippen LogP contribution in [0.1, 0.15) is 27.1 Å². The number of nitrogens with one attached hydrogen (secondary N) is 1. The number of halogens is 2. The Hall–Kier alpha value is -1.44. The fourth-order valence-corrected chi connectivity index (χ4v) is 3.20. The molecule has 8 heteroatoms. The molecule has 0 atom stereocenters. The number of hydrogen-bond acceptors (Lipinski definition) is 6. The van der Waals surface area contributed by atoms with Crippen molar-refractivity contribution in [3.05, 3.63) is 38.3 Å². The van der Waals surface area contributed by atoms with E-state index in [-0.39, 0.29) is 16.4 Å². The highest BCUT2D eigenvalue weighted by Crippen LogP contribution is 2.32. The van der Waals surface area contributed by atoms with E-state index in [2.05, 4.69) is 31.0 Å². The van der Waals surface area contributed by atoms with Crippen molar-refractivity contribution in [2.45, 2.75) is 6.92 Å². The maximum Gasteiger partial charge on any atom is 0.358 e. The van der Waals surface area contributed by atoms with Gasteiger partial charge in [-0.15, -0.1) is 0 Å². The Morgan fingerprint density at radius 3 is 2.71 bits per heavy atom. The van der Waals surface area contributed by atoms with E-state index in [9.17, 15) is 9.59 Å². The van der Waals surface area contributed by atoms with Crippen molar-refractivity contribution in [3.63, 3.8) is 0 Å². The van der Waals surface area contributed by atoms with E-state index in [1.807, 2.05) is 0 Å². The number of rotatable bonds is 4. The summed E-state index contributed by atoms with van der Waals surface area (Å²) >= 11 is 10.3. The van der Waals surface area contributed by atoms with Gasteiger partial charge in [-0.1, -0.05) is 22.9 Å². The van der Waals surface area contributed by atoms with Crippen molar-refractivity contribution in [1.29, 1.82) is 0 Å². The Morgan fingerprint density at radius 2 is 2.14 bits per heavy atom. The summed E-state index contributed by atoms with van der Waals surface area (Å²) in [5, 5.41) is 4.05. The quantitative estimate of drug-likeness (QED) is 0.624. The number of hydrogen-bond donors (Lipinski definition) is 1. The molecule has 2 rings (SSSR count). The highest BCUT2D eigenvalue weighted by atomic mass is 79.9. The topological polar surface area (TPSA) is 68.3 Å². The molecule has 2 aromatic rings. The number of carbonyl (C=O) groups excluding carboxylic acids is 2. The van der Waals surface area contributed by atoms with Crippen LogP contribution in [0.4, 0.5) is 10.8 Å². The molecule has 1 aromatic carbocycles. The zero-order chi connectivity index (χ0) is 15.6. The first-order valence-corrected chi connectivity index (χ1v) is 7.73. The first-order chi connectivity index (χ1) is 9.92. The van der Waals surface area contributed by atoms with Gasteiger partial charge in [-0.25, -0.2) is 9.78 Å². The number of benzene rings is 1. The summed E-state index contributed by atoms with van der Waals surface area (Å²) in [6.07, 6.45) is 0. The normalized spacial score (nSPS) is 10.3. The predicted molar refractivity (Wildman–Crippen MR) is 85.9 cm³/mol. The molecule has 0 spiro atoms. The van der Waals surface area contributed by atoms with Gasteiger partial charge in [0.05, 0.1) is 12.8 Å². The molecule has 0 saturated heterocycles. The van der Waals surface area contributed by atoms with Gasteiger partial charge in [-0.3, -0.25) is 4.79 Å². The summed E-state index contributed by atoms with van der Waals surface area (Å²) in [5.74, 6) is -0.879.